The molecule has 7 heteroatoms. The van der Waals surface area contributed by atoms with Gasteiger partial charge in [0.25, 0.3) is 5.78 Å². The van der Waals surface area contributed by atoms with Crippen molar-refractivity contribution in [3.8, 4) is 0 Å². The van der Waals surface area contributed by atoms with Crippen molar-refractivity contribution in [3.05, 3.63) is 18.1 Å². The maximum Gasteiger partial charge on any atom is 0.254 e. The molecule has 0 fully saturated rings. The van der Waals surface area contributed by atoms with Crippen LogP contribution in [0.25, 0.3) is 5.78 Å². The van der Waals surface area contributed by atoms with Gasteiger partial charge in [0.05, 0.1) is 13.2 Å². The van der Waals surface area contributed by atoms with Crippen LogP contribution in [-0.2, 0) is 4.74 Å². The van der Waals surface area contributed by atoms with Crippen molar-refractivity contribution in [1.82, 2.24) is 19.6 Å². The molecule has 6 nitrogen and oxygen atoms in total. The van der Waals surface area contributed by atoms with Gasteiger partial charge in [0.1, 0.15) is 12.1 Å². The molecule has 0 unspecified atom stereocenters. The molecular weight excluding hydrogens is 254 g/mol. The van der Waals surface area contributed by atoms with E-state index in [1.165, 1.54) is 6.33 Å². The summed E-state index contributed by atoms with van der Waals surface area (Å²) >= 11 is 5.55. The van der Waals surface area contributed by atoms with Gasteiger partial charge >= 0.3 is 0 Å². The summed E-state index contributed by atoms with van der Waals surface area (Å²) in [5, 5.41) is 4.16. The molecule has 0 saturated heterocycles. The molecule has 2 aromatic rings. The minimum atomic E-state index is 0.519. The lowest BCUT2D eigenvalue weighted by Crippen LogP contribution is -2.25. The van der Waals surface area contributed by atoms with Gasteiger partial charge in [-0.3, -0.25) is 0 Å². The number of aromatic nitrogens is 4. The number of likely N-dealkylation sites (N-methyl/N-ethyl adjacent to an activating group) is 1. The summed E-state index contributed by atoms with van der Waals surface area (Å²) in [4.78, 5) is 10.5. The van der Waals surface area contributed by atoms with Crippen LogP contribution in [-0.4, -0.2) is 52.3 Å². The van der Waals surface area contributed by atoms with Gasteiger partial charge in [-0.15, -0.1) is 11.6 Å². The molecule has 0 spiro atoms. The first-order valence-corrected chi connectivity index (χ1v) is 6.28. The van der Waals surface area contributed by atoms with Gasteiger partial charge in [0, 0.05) is 31.2 Å². The van der Waals surface area contributed by atoms with Gasteiger partial charge in [-0.2, -0.15) is 14.6 Å². The molecule has 0 aliphatic heterocycles. The Labute approximate surface area is 111 Å². The van der Waals surface area contributed by atoms with Crippen LogP contribution >= 0.6 is 11.6 Å². The highest BCUT2D eigenvalue weighted by Gasteiger charge is 2.09. The second kappa shape index (κ2) is 5.97. The number of rotatable bonds is 6. The number of nitrogens with zero attached hydrogens (tertiary/aromatic N) is 5. The van der Waals surface area contributed by atoms with Crippen LogP contribution in [0, 0.1) is 6.92 Å². The molecule has 0 bridgehead atoms. The first-order chi connectivity index (χ1) is 8.72. The van der Waals surface area contributed by atoms with E-state index < -0.39 is 0 Å². The molecule has 98 valence electrons. The van der Waals surface area contributed by atoms with Gasteiger partial charge in [-0.05, 0) is 6.92 Å². The highest BCUT2D eigenvalue weighted by Crippen LogP contribution is 2.13. The van der Waals surface area contributed by atoms with Crippen molar-refractivity contribution < 1.29 is 4.74 Å². The number of hydrogen-bond acceptors (Lipinski definition) is 5. The Kier molecular flexibility index (Phi) is 4.33. The molecule has 0 aliphatic rings. The lowest BCUT2D eigenvalue weighted by Gasteiger charge is -2.19. The van der Waals surface area contributed by atoms with E-state index in [-0.39, 0.29) is 0 Å². The summed E-state index contributed by atoms with van der Waals surface area (Å²) in [5.74, 6) is 2.08. The van der Waals surface area contributed by atoms with Gasteiger partial charge in [-0.25, -0.2) is 4.98 Å². The third kappa shape index (κ3) is 2.88. The fourth-order valence-electron chi connectivity index (χ4n) is 1.66. The first-order valence-electron chi connectivity index (χ1n) is 5.74. The van der Waals surface area contributed by atoms with E-state index in [0.717, 1.165) is 18.1 Å². The molecule has 0 saturated carbocycles. The summed E-state index contributed by atoms with van der Waals surface area (Å²) in [6.07, 6.45) is 1.50. The standard InChI is InChI=1S/C11H16ClN5O/c1-9-7-10(16(2)4-6-18-5-3-12)17-11(15-9)13-8-14-17/h7-8H,3-6H2,1-2H3. The number of anilines is 1. The van der Waals surface area contributed by atoms with Crippen LogP contribution in [0.15, 0.2) is 12.4 Å². The Morgan fingerprint density at radius 1 is 1.44 bits per heavy atom. The van der Waals surface area contributed by atoms with Crippen molar-refractivity contribution >= 4 is 23.2 Å². The number of alkyl halides is 1. The smallest absolute Gasteiger partial charge is 0.254 e. The van der Waals surface area contributed by atoms with Crippen LogP contribution in [0.4, 0.5) is 5.82 Å². The number of hydrogen-bond donors (Lipinski definition) is 0. The van der Waals surface area contributed by atoms with E-state index in [2.05, 4.69) is 20.0 Å². The Balaban J connectivity index is 2.11. The summed E-state index contributed by atoms with van der Waals surface area (Å²) in [7, 11) is 1.99. The third-order valence-electron chi connectivity index (χ3n) is 2.54. The monoisotopic (exact) mass is 269 g/mol. The average molecular weight is 270 g/mol. The predicted molar refractivity (Wildman–Crippen MR) is 70.3 cm³/mol. The van der Waals surface area contributed by atoms with E-state index >= 15 is 0 Å². The predicted octanol–water partition coefficient (Wildman–Crippen LogP) is 1.12. The van der Waals surface area contributed by atoms with E-state index in [1.54, 1.807) is 4.52 Å². The Morgan fingerprint density at radius 2 is 2.28 bits per heavy atom. The fraction of sp³-hybridized carbons (Fsp3) is 0.545. The minimum Gasteiger partial charge on any atom is -0.378 e. The Morgan fingerprint density at radius 3 is 3.06 bits per heavy atom. The van der Waals surface area contributed by atoms with Crippen molar-refractivity contribution in [2.24, 2.45) is 0 Å². The van der Waals surface area contributed by atoms with E-state index in [9.17, 15) is 0 Å². The molecule has 0 atom stereocenters. The Bertz CT molecular complexity index is 515. The van der Waals surface area contributed by atoms with Crippen LogP contribution in [0.5, 0.6) is 0 Å². The van der Waals surface area contributed by atoms with E-state index in [1.807, 2.05) is 20.0 Å². The number of fused-ring (bicyclic) bond motifs is 1. The van der Waals surface area contributed by atoms with Crippen LogP contribution in [0.3, 0.4) is 0 Å². The van der Waals surface area contributed by atoms with Gasteiger partial charge < -0.3 is 9.64 Å². The normalized spacial score (nSPS) is 11.1. The van der Waals surface area contributed by atoms with Gasteiger partial charge in [0.2, 0.25) is 0 Å². The maximum absolute atomic E-state index is 5.55. The zero-order valence-electron chi connectivity index (χ0n) is 10.5. The second-order valence-corrected chi connectivity index (χ2v) is 4.33. The molecule has 18 heavy (non-hydrogen) atoms. The van der Waals surface area contributed by atoms with Gasteiger partial charge in [-0.1, -0.05) is 0 Å². The van der Waals surface area contributed by atoms with E-state index in [0.29, 0.717) is 24.9 Å². The number of aryl methyl sites for hydroxylation is 1. The van der Waals surface area contributed by atoms with Crippen molar-refractivity contribution in [3.63, 3.8) is 0 Å². The zero-order valence-corrected chi connectivity index (χ0v) is 11.3. The summed E-state index contributed by atoms with van der Waals surface area (Å²) in [6.45, 7) is 3.90. The molecule has 2 heterocycles. The maximum atomic E-state index is 5.55. The van der Waals surface area contributed by atoms with Crippen molar-refractivity contribution in [1.29, 1.82) is 0 Å². The van der Waals surface area contributed by atoms with Crippen LogP contribution in [0.1, 0.15) is 5.69 Å². The van der Waals surface area contributed by atoms with Crippen molar-refractivity contribution in [2.75, 3.05) is 37.6 Å². The minimum absolute atomic E-state index is 0.519. The van der Waals surface area contributed by atoms with Crippen LogP contribution < -0.4 is 4.90 Å². The van der Waals surface area contributed by atoms with E-state index in [4.69, 9.17) is 16.3 Å². The largest absolute Gasteiger partial charge is 0.378 e. The fourth-order valence-corrected chi connectivity index (χ4v) is 1.76. The quantitative estimate of drug-likeness (QED) is 0.581. The molecular formula is C11H16ClN5O. The van der Waals surface area contributed by atoms with Crippen LogP contribution in [0.2, 0.25) is 0 Å². The summed E-state index contributed by atoms with van der Waals surface area (Å²) in [5.41, 5.74) is 0.916. The summed E-state index contributed by atoms with van der Waals surface area (Å²) < 4.78 is 7.08. The average Bonchev–Trinajstić information content (AvgIpc) is 2.81. The lowest BCUT2D eigenvalue weighted by atomic mass is 10.4. The molecule has 0 N–H and O–H groups in total. The highest BCUT2D eigenvalue weighted by molar-refractivity contribution is 6.17. The zero-order chi connectivity index (χ0) is 13.0. The van der Waals surface area contributed by atoms with Crippen molar-refractivity contribution in [2.45, 2.75) is 6.92 Å². The third-order valence-corrected chi connectivity index (χ3v) is 2.70. The topological polar surface area (TPSA) is 55.6 Å². The Hall–Kier alpha value is -1.40. The first kappa shape index (κ1) is 13.0. The lowest BCUT2D eigenvalue weighted by molar-refractivity contribution is 0.156. The number of halogens is 1. The molecule has 2 aromatic heterocycles. The number of ether oxygens (including phenoxy) is 1. The highest BCUT2D eigenvalue weighted by atomic mass is 35.5. The SMILES string of the molecule is Cc1cc(N(C)CCOCCCl)n2ncnc2n1. The second-order valence-electron chi connectivity index (χ2n) is 3.95. The molecule has 0 aliphatic carbocycles. The van der Waals surface area contributed by atoms with Gasteiger partial charge in [0.15, 0.2) is 0 Å². The molecule has 0 radical (unpaired) electrons. The summed E-state index contributed by atoms with van der Waals surface area (Å²) in [6, 6.07) is 1.98. The molecule has 0 amide bonds. The molecule has 0 aromatic carbocycles. The molecule has 2 rings (SSSR count).